The summed E-state index contributed by atoms with van der Waals surface area (Å²) in [6.45, 7) is 8.17. The van der Waals surface area contributed by atoms with Crippen LogP contribution in [0.2, 0.25) is 0 Å². The van der Waals surface area contributed by atoms with Crippen LogP contribution in [-0.4, -0.2) is 47.7 Å². The lowest BCUT2D eigenvalue weighted by Gasteiger charge is -2.37. The van der Waals surface area contributed by atoms with E-state index in [9.17, 15) is 10.1 Å². The van der Waals surface area contributed by atoms with E-state index >= 15 is 0 Å². The summed E-state index contributed by atoms with van der Waals surface area (Å²) in [5.41, 5.74) is -0.472. The average molecular weight is 307 g/mol. The van der Waals surface area contributed by atoms with Crippen molar-refractivity contribution in [3.63, 3.8) is 0 Å². The molecule has 0 aliphatic carbocycles. The molecule has 1 aromatic rings. The Kier molecular flexibility index (Phi) is 4.86. The van der Waals surface area contributed by atoms with Crippen molar-refractivity contribution in [2.45, 2.75) is 32.4 Å². The number of amides is 1. The Morgan fingerprint density at radius 2 is 2.05 bits per heavy atom. The van der Waals surface area contributed by atoms with E-state index in [4.69, 9.17) is 4.74 Å². The molecule has 1 saturated heterocycles. The molecule has 21 heavy (non-hydrogen) atoms. The topological polar surface area (TPSA) is 56.6 Å². The van der Waals surface area contributed by atoms with Crippen LogP contribution in [0.1, 0.15) is 31.7 Å². The smallest absolute Gasteiger partial charge is 0.410 e. The highest BCUT2D eigenvalue weighted by Gasteiger charge is 2.29. The molecule has 1 aliphatic heterocycles. The Morgan fingerprint density at radius 1 is 1.38 bits per heavy atom. The zero-order valence-electron chi connectivity index (χ0n) is 12.7. The number of nitrogens with zero attached hydrogens (tertiary/aromatic N) is 3. The Labute approximate surface area is 129 Å². The monoisotopic (exact) mass is 307 g/mol. The molecule has 0 saturated carbocycles. The molecule has 5 nitrogen and oxygen atoms in total. The van der Waals surface area contributed by atoms with Crippen molar-refractivity contribution in [1.82, 2.24) is 9.80 Å². The minimum absolute atomic E-state index is 0.217. The number of piperazine rings is 1. The zero-order valence-corrected chi connectivity index (χ0v) is 13.5. The van der Waals surface area contributed by atoms with Crippen molar-refractivity contribution in [2.75, 3.05) is 26.2 Å². The summed E-state index contributed by atoms with van der Waals surface area (Å²) >= 11 is 1.59. The number of rotatable bonds is 2. The maximum Gasteiger partial charge on any atom is 0.410 e. The Morgan fingerprint density at radius 3 is 2.52 bits per heavy atom. The third-order valence-corrected chi connectivity index (χ3v) is 4.19. The first-order chi connectivity index (χ1) is 9.90. The largest absolute Gasteiger partial charge is 0.444 e. The normalized spacial score (nSPS) is 18.1. The van der Waals surface area contributed by atoms with Gasteiger partial charge in [-0.1, -0.05) is 6.07 Å². The first-order valence-electron chi connectivity index (χ1n) is 7.06. The van der Waals surface area contributed by atoms with Gasteiger partial charge >= 0.3 is 6.09 Å². The van der Waals surface area contributed by atoms with E-state index in [1.165, 1.54) is 0 Å². The fourth-order valence-corrected chi connectivity index (χ4v) is 3.06. The van der Waals surface area contributed by atoms with Crippen LogP contribution in [0, 0.1) is 11.3 Å². The van der Waals surface area contributed by atoms with Gasteiger partial charge in [0.1, 0.15) is 11.6 Å². The number of thiophene rings is 1. The van der Waals surface area contributed by atoms with Crippen molar-refractivity contribution in [2.24, 2.45) is 0 Å². The minimum atomic E-state index is -0.472. The molecular formula is C15H21N3O2S. The number of carbonyl (C=O) groups is 1. The van der Waals surface area contributed by atoms with Gasteiger partial charge in [0.15, 0.2) is 0 Å². The van der Waals surface area contributed by atoms with Gasteiger partial charge < -0.3 is 9.64 Å². The molecule has 0 aromatic carbocycles. The van der Waals surface area contributed by atoms with E-state index in [1.807, 2.05) is 38.3 Å². The number of ether oxygens (including phenoxy) is 1. The van der Waals surface area contributed by atoms with Crippen molar-refractivity contribution >= 4 is 17.4 Å². The predicted molar refractivity (Wildman–Crippen MR) is 82.1 cm³/mol. The molecule has 0 radical (unpaired) electrons. The molecule has 1 unspecified atom stereocenters. The third kappa shape index (κ3) is 4.19. The SMILES string of the molecule is CC(C)(C)OC(=O)N1CCN(C(C#N)c2cccs2)CC1. The van der Waals surface area contributed by atoms with Crippen LogP contribution in [0.3, 0.4) is 0 Å². The maximum atomic E-state index is 12.0. The van der Waals surface area contributed by atoms with E-state index < -0.39 is 5.60 Å². The third-order valence-electron chi connectivity index (χ3n) is 3.27. The minimum Gasteiger partial charge on any atom is -0.444 e. The summed E-state index contributed by atoms with van der Waals surface area (Å²) in [4.78, 5) is 16.9. The summed E-state index contributed by atoms with van der Waals surface area (Å²) in [5.74, 6) is 0. The van der Waals surface area contributed by atoms with Gasteiger partial charge in [0.25, 0.3) is 0 Å². The quantitative estimate of drug-likeness (QED) is 0.843. The predicted octanol–water partition coefficient (Wildman–Crippen LogP) is 2.87. The molecule has 0 bridgehead atoms. The molecule has 1 amide bonds. The van der Waals surface area contributed by atoms with E-state index in [2.05, 4.69) is 11.0 Å². The fraction of sp³-hybridized carbons (Fsp3) is 0.600. The molecule has 6 heteroatoms. The second kappa shape index (κ2) is 6.46. The summed E-state index contributed by atoms with van der Waals surface area (Å²) in [6.07, 6.45) is -0.271. The lowest BCUT2D eigenvalue weighted by atomic mass is 10.2. The van der Waals surface area contributed by atoms with Gasteiger partial charge in [-0.15, -0.1) is 11.3 Å². The molecule has 1 aliphatic rings. The Balaban J connectivity index is 1.91. The number of nitriles is 1. The standard InChI is InChI=1S/C15H21N3O2S/c1-15(2,3)20-14(19)18-8-6-17(7-9-18)12(11-16)13-5-4-10-21-13/h4-5,10,12H,6-9H2,1-3H3. The highest BCUT2D eigenvalue weighted by Crippen LogP contribution is 2.25. The summed E-state index contributed by atoms with van der Waals surface area (Å²) in [6, 6.07) is 6.09. The van der Waals surface area contributed by atoms with Crippen molar-refractivity contribution in [3.8, 4) is 6.07 Å². The van der Waals surface area contributed by atoms with Gasteiger partial charge in [0.2, 0.25) is 0 Å². The van der Waals surface area contributed by atoms with Crippen LogP contribution < -0.4 is 0 Å². The van der Waals surface area contributed by atoms with Crippen LogP contribution in [0.25, 0.3) is 0 Å². The van der Waals surface area contributed by atoms with E-state index in [0.717, 1.165) is 4.88 Å². The van der Waals surface area contributed by atoms with Gasteiger partial charge in [-0.2, -0.15) is 5.26 Å². The number of hydrogen-bond acceptors (Lipinski definition) is 5. The van der Waals surface area contributed by atoms with Gasteiger partial charge in [0, 0.05) is 31.1 Å². The van der Waals surface area contributed by atoms with Gasteiger partial charge in [-0.25, -0.2) is 4.79 Å². The maximum absolute atomic E-state index is 12.0. The van der Waals surface area contributed by atoms with Crippen LogP contribution in [0.15, 0.2) is 17.5 Å². The Bertz CT molecular complexity index is 508. The van der Waals surface area contributed by atoms with Gasteiger partial charge in [-0.05, 0) is 32.2 Å². The lowest BCUT2D eigenvalue weighted by Crippen LogP contribution is -2.50. The van der Waals surface area contributed by atoms with Crippen LogP contribution in [0.4, 0.5) is 4.79 Å². The van der Waals surface area contributed by atoms with Gasteiger partial charge in [0.05, 0.1) is 6.07 Å². The molecule has 1 atom stereocenters. The second-order valence-electron chi connectivity index (χ2n) is 6.05. The Hall–Kier alpha value is -1.58. The average Bonchev–Trinajstić information content (AvgIpc) is 2.92. The van der Waals surface area contributed by atoms with Crippen LogP contribution in [-0.2, 0) is 4.74 Å². The molecule has 2 heterocycles. The molecule has 0 N–H and O–H groups in total. The van der Waals surface area contributed by atoms with E-state index in [0.29, 0.717) is 26.2 Å². The molecular weight excluding hydrogens is 286 g/mol. The van der Waals surface area contributed by atoms with Crippen molar-refractivity contribution in [3.05, 3.63) is 22.4 Å². The lowest BCUT2D eigenvalue weighted by molar-refractivity contribution is 0.0126. The fourth-order valence-electron chi connectivity index (χ4n) is 2.26. The molecule has 0 spiro atoms. The highest BCUT2D eigenvalue weighted by atomic mass is 32.1. The highest BCUT2D eigenvalue weighted by molar-refractivity contribution is 7.10. The van der Waals surface area contributed by atoms with E-state index in [1.54, 1.807) is 16.2 Å². The molecule has 114 valence electrons. The summed E-state index contributed by atoms with van der Waals surface area (Å²) < 4.78 is 5.38. The van der Waals surface area contributed by atoms with Gasteiger partial charge in [-0.3, -0.25) is 4.90 Å². The number of carbonyl (C=O) groups excluding carboxylic acids is 1. The summed E-state index contributed by atoms with van der Waals surface area (Å²) in [7, 11) is 0. The van der Waals surface area contributed by atoms with Crippen LogP contribution >= 0.6 is 11.3 Å². The summed E-state index contributed by atoms with van der Waals surface area (Å²) in [5, 5.41) is 11.4. The van der Waals surface area contributed by atoms with Crippen LogP contribution in [0.5, 0.6) is 0 Å². The second-order valence-corrected chi connectivity index (χ2v) is 7.03. The molecule has 1 fully saturated rings. The zero-order chi connectivity index (χ0) is 15.5. The van der Waals surface area contributed by atoms with E-state index in [-0.39, 0.29) is 12.1 Å². The first kappa shape index (κ1) is 15.8. The molecule has 2 rings (SSSR count). The van der Waals surface area contributed by atoms with Crippen molar-refractivity contribution < 1.29 is 9.53 Å². The first-order valence-corrected chi connectivity index (χ1v) is 7.93. The number of hydrogen-bond donors (Lipinski definition) is 0. The molecule has 1 aromatic heterocycles. The van der Waals surface area contributed by atoms with Crippen molar-refractivity contribution in [1.29, 1.82) is 5.26 Å².